The van der Waals surface area contributed by atoms with Crippen LogP contribution in [0.2, 0.25) is 0 Å². The minimum Gasteiger partial charge on any atom is -0.481 e. The maximum Gasteiger partial charge on any atom is 0.407 e. The minimum absolute atomic E-state index is 0.0463. The number of carboxylic acids is 1. The molecule has 33 heavy (non-hydrogen) atoms. The summed E-state index contributed by atoms with van der Waals surface area (Å²) in [5.74, 6) is -1.86. The second-order valence-electron chi connectivity index (χ2n) is 7.73. The number of carbonyl (C=O) groups is 3. The molecule has 0 saturated heterocycles. The molecule has 2 aromatic carbocycles. The van der Waals surface area contributed by atoms with Crippen molar-refractivity contribution in [3.05, 3.63) is 59.7 Å². The lowest BCUT2D eigenvalue weighted by atomic mass is 9.98. The van der Waals surface area contributed by atoms with Gasteiger partial charge in [-0.3, -0.25) is 9.59 Å². The summed E-state index contributed by atoms with van der Waals surface area (Å²) in [7, 11) is 0. The zero-order valence-electron chi connectivity index (χ0n) is 18.1. The number of hydrogen-bond donors (Lipinski definition) is 4. The highest BCUT2D eigenvalue weighted by atomic mass is 16.5. The molecule has 0 fully saturated rings. The van der Waals surface area contributed by atoms with Gasteiger partial charge in [0.2, 0.25) is 5.91 Å². The van der Waals surface area contributed by atoms with Crippen molar-refractivity contribution in [2.24, 2.45) is 0 Å². The molecule has 0 radical (unpaired) electrons. The van der Waals surface area contributed by atoms with E-state index in [1.807, 2.05) is 48.5 Å². The second-order valence-corrected chi connectivity index (χ2v) is 7.73. The Hall–Kier alpha value is -3.43. The Morgan fingerprint density at radius 3 is 2.00 bits per heavy atom. The van der Waals surface area contributed by atoms with E-state index in [0.29, 0.717) is 0 Å². The maximum atomic E-state index is 12.8. The molecule has 4 N–H and O–H groups in total. The van der Waals surface area contributed by atoms with Crippen LogP contribution in [0.4, 0.5) is 4.79 Å². The van der Waals surface area contributed by atoms with E-state index in [4.69, 9.17) is 9.84 Å². The number of aliphatic hydroxyl groups excluding tert-OH is 2. The number of nitrogens with one attached hydrogen (secondary N) is 1. The highest BCUT2D eigenvalue weighted by Crippen LogP contribution is 2.44. The van der Waals surface area contributed by atoms with Gasteiger partial charge in [-0.1, -0.05) is 48.5 Å². The molecule has 1 unspecified atom stereocenters. The Bertz CT molecular complexity index is 943. The molecule has 2 amide bonds. The van der Waals surface area contributed by atoms with E-state index in [2.05, 4.69) is 5.32 Å². The van der Waals surface area contributed by atoms with Crippen molar-refractivity contribution in [2.45, 2.75) is 24.8 Å². The summed E-state index contributed by atoms with van der Waals surface area (Å²) in [5.41, 5.74) is 4.25. The van der Waals surface area contributed by atoms with Crippen molar-refractivity contribution in [3.63, 3.8) is 0 Å². The van der Waals surface area contributed by atoms with Gasteiger partial charge < -0.3 is 30.3 Å². The molecular formula is C24H28N2O7. The van der Waals surface area contributed by atoms with Gasteiger partial charge in [-0.15, -0.1) is 0 Å². The quantitative estimate of drug-likeness (QED) is 0.403. The zero-order chi connectivity index (χ0) is 23.8. The van der Waals surface area contributed by atoms with E-state index in [1.54, 1.807) is 0 Å². The SMILES string of the molecule is O=C(O)CCC(NC(=O)OCC1c2ccccc2-c2ccccc21)C(=O)N(CCO)CCO. The number of fused-ring (bicyclic) bond motifs is 3. The Morgan fingerprint density at radius 2 is 1.48 bits per heavy atom. The fourth-order valence-corrected chi connectivity index (χ4v) is 4.10. The number of aliphatic hydroxyl groups is 2. The number of ether oxygens (including phenoxy) is 1. The Balaban J connectivity index is 1.69. The molecule has 9 heteroatoms. The van der Waals surface area contributed by atoms with Gasteiger partial charge in [-0.2, -0.15) is 0 Å². The molecule has 3 rings (SSSR count). The van der Waals surface area contributed by atoms with Crippen LogP contribution in [0.3, 0.4) is 0 Å². The molecule has 0 spiro atoms. The lowest BCUT2D eigenvalue weighted by molar-refractivity contribution is -0.138. The van der Waals surface area contributed by atoms with Gasteiger partial charge in [0.25, 0.3) is 0 Å². The molecule has 0 saturated carbocycles. The third-order valence-corrected chi connectivity index (χ3v) is 5.63. The van der Waals surface area contributed by atoms with Gasteiger partial charge in [-0.05, 0) is 28.7 Å². The fourth-order valence-electron chi connectivity index (χ4n) is 4.10. The predicted molar refractivity (Wildman–Crippen MR) is 120 cm³/mol. The molecule has 1 atom stereocenters. The molecular weight excluding hydrogens is 428 g/mol. The van der Waals surface area contributed by atoms with E-state index in [0.717, 1.165) is 22.3 Å². The van der Waals surface area contributed by atoms with Crippen LogP contribution in [0.5, 0.6) is 0 Å². The van der Waals surface area contributed by atoms with Gasteiger partial charge >= 0.3 is 12.1 Å². The van der Waals surface area contributed by atoms with Crippen LogP contribution in [0.25, 0.3) is 11.1 Å². The van der Waals surface area contributed by atoms with Crippen LogP contribution in [0.1, 0.15) is 29.9 Å². The largest absolute Gasteiger partial charge is 0.481 e. The summed E-state index contributed by atoms with van der Waals surface area (Å²) in [6, 6.07) is 14.6. The van der Waals surface area contributed by atoms with Gasteiger partial charge in [0, 0.05) is 25.4 Å². The summed E-state index contributed by atoms with van der Waals surface area (Å²) in [6.45, 7) is -0.702. The van der Waals surface area contributed by atoms with E-state index < -0.39 is 24.0 Å². The highest BCUT2D eigenvalue weighted by molar-refractivity contribution is 5.86. The Morgan fingerprint density at radius 1 is 0.939 bits per heavy atom. The van der Waals surface area contributed by atoms with E-state index in [-0.39, 0.29) is 51.7 Å². The van der Waals surface area contributed by atoms with Crippen molar-refractivity contribution < 1.29 is 34.4 Å². The average Bonchev–Trinajstić information content (AvgIpc) is 3.13. The molecule has 0 bridgehead atoms. The number of aliphatic carboxylic acids is 1. The molecule has 0 aromatic heterocycles. The molecule has 0 heterocycles. The predicted octanol–water partition coefficient (Wildman–Crippen LogP) is 1.57. The zero-order valence-corrected chi connectivity index (χ0v) is 18.1. The molecule has 9 nitrogen and oxygen atoms in total. The third kappa shape index (κ3) is 5.88. The first-order chi connectivity index (χ1) is 16.0. The van der Waals surface area contributed by atoms with Gasteiger partial charge in [0.1, 0.15) is 12.6 Å². The van der Waals surface area contributed by atoms with Crippen LogP contribution in [-0.2, 0) is 14.3 Å². The van der Waals surface area contributed by atoms with Crippen molar-refractivity contribution in [1.29, 1.82) is 0 Å². The first-order valence-electron chi connectivity index (χ1n) is 10.8. The Labute approximate surface area is 191 Å². The summed E-state index contributed by atoms with van der Waals surface area (Å²) in [5, 5.41) is 29.8. The second kappa shape index (κ2) is 11.4. The van der Waals surface area contributed by atoms with Gasteiger partial charge in [0.15, 0.2) is 0 Å². The number of amides is 2. The Kier molecular flexibility index (Phi) is 8.39. The smallest absolute Gasteiger partial charge is 0.407 e. The molecule has 176 valence electrons. The third-order valence-electron chi connectivity index (χ3n) is 5.63. The number of hydrogen-bond acceptors (Lipinski definition) is 6. The molecule has 1 aliphatic carbocycles. The topological polar surface area (TPSA) is 136 Å². The fraction of sp³-hybridized carbons (Fsp3) is 0.375. The van der Waals surface area contributed by atoms with Crippen LogP contribution < -0.4 is 5.32 Å². The van der Waals surface area contributed by atoms with Gasteiger partial charge in [-0.25, -0.2) is 4.79 Å². The molecule has 1 aliphatic rings. The van der Waals surface area contributed by atoms with Crippen LogP contribution in [-0.4, -0.2) is 77.1 Å². The van der Waals surface area contributed by atoms with E-state index in [1.165, 1.54) is 4.90 Å². The highest BCUT2D eigenvalue weighted by Gasteiger charge is 2.30. The molecule has 0 aliphatic heterocycles. The van der Waals surface area contributed by atoms with E-state index >= 15 is 0 Å². The summed E-state index contributed by atoms with van der Waals surface area (Å²) < 4.78 is 5.46. The first kappa shape index (κ1) is 24.2. The van der Waals surface area contributed by atoms with Crippen molar-refractivity contribution in [2.75, 3.05) is 32.9 Å². The monoisotopic (exact) mass is 456 g/mol. The molecule has 2 aromatic rings. The average molecular weight is 456 g/mol. The standard InChI is InChI=1S/C24H28N2O7/c27-13-11-26(12-14-28)23(31)21(9-10-22(29)30)25-24(32)33-15-20-18-7-3-1-5-16(18)17-6-2-4-8-19(17)20/h1-8,20-21,27-28H,9-15H2,(H,25,32)(H,29,30). The number of carboxylic acid groups (broad SMARTS) is 1. The lowest BCUT2D eigenvalue weighted by Crippen LogP contribution is -2.50. The number of rotatable bonds is 11. The van der Waals surface area contributed by atoms with Crippen LogP contribution in [0.15, 0.2) is 48.5 Å². The number of nitrogens with zero attached hydrogens (tertiary/aromatic N) is 1. The summed E-state index contributed by atoms with van der Waals surface area (Å²) in [4.78, 5) is 37.6. The van der Waals surface area contributed by atoms with Crippen LogP contribution >= 0.6 is 0 Å². The summed E-state index contributed by atoms with van der Waals surface area (Å²) in [6.07, 6.45) is -1.33. The lowest BCUT2D eigenvalue weighted by Gasteiger charge is -2.26. The van der Waals surface area contributed by atoms with Crippen molar-refractivity contribution in [3.8, 4) is 11.1 Å². The van der Waals surface area contributed by atoms with E-state index in [9.17, 15) is 24.6 Å². The van der Waals surface area contributed by atoms with Gasteiger partial charge in [0.05, 0.1) is 13.2 Å². The van der Waals surface area contributed by atoms with Crippen molar-refractivity contribution >= 4 is 18.0 Å². The summed E-state index contributed by atoms with van der Waals surface area (Å²) >= 11 is 0. The number of benzene rings is 2. The minimum atomic E-state index is -1.16. The normalized spacial score (nSPS) is 13.0. The van der Waals surface area contributed by atoms with Crippen LogP contribution in [0, 0.1) is 0 Å². The first-order valence-corrected chi connectivity index (χ1v) is 10.8. The van der Waals surface area contributed by atoms with Crippen molar-refractivity contribution in [1.82, 2.24) is 10.2 Å². The number of carbonyl (C=O) groups excluding carboxylic acids is 2. The number of alkyl carbamates (subject to hydrolysis) is 1. The maximum absolute atomic E-state index is 12.8.